The third-order valence-corrected chi connectivity index (χ3v) is 7.42. The molecule has 0 nitrogen and oxygen atoms in total. The lowest BCUT2D eigenvalue weighted by atomic mass is 10.0. The minimum atomic E-state index is 1.27. The molecule has 2 aromatic carbocycles. The third kappa shape index (κ3) is 3.42. The fraction of sp³-hybridized carbons (Fsp3) is 0. The number of benzene rings is 2. The molecule has 0 saturated heterocycles. The van der Waals surface area contributed by atoms with E-state index in [9.17, 15) is 0 Å². The molecule has 0 aliphatic rings. The van der Waals surface area contributed by atoms with Gasteiger partial charge in [-0.15, -0.1) is 34.0 Å². The van der Waals surface area contributed by atoms with E-state index in [-0.39, 0.29) is 0 Å². The van der Waals surface area contributed by atoms with Crippen LogP contribution < -0.4 is 0 Å². The highest BCUT2D eigenvalue weighted by molar-refractivity contribution is 7.14. The van der Waals surface area contributed by atoms with Gasteiger partial charge >= 0.3 is 0 Å². The average Bonchev–Trinajstić information content (AvgIpc) is 3.51. The van der Waals surface area contributed by atoms with Crippen molar-refractivity contribution in [3.05, 3.63) is 95.0 Å². The van der Waals surface area contributed by atoms with Crippen molar-refractivity contribution < 1.29 is 0 Å². The summed E-state index contributed by atoms with van der Waals surface area (Å²) in [6, 6.07) is 28.6. The number of thiophene rings is 3. The molecular weight excluding hydrogens is 384 g/mol. The highest BCUT2D eigenvalue weighted by Crippen LogP contribution is 2.35. The first-order valence-corrected chi connectivity index (χ1v) is 11.4. The van der Waals surface area contributed by atoms with E-state index < -0.39 is 0 Å². The minimum Gasteiger partial charge on any atom is -0.144 e. The number of hydrogen-bond acceptors (Lipinski definition) is 3. The van der Waals surface area contributed by atoms with E-state index in [0.717, 1.165) is 0 Å². The van der Waals surface area contributed by atoms with Crippen LogP contribution in [0.4, 0.5) is 0 Å². The highest BCUT2D eigenvalue weighted by Gasteiger charge is 2.07. The van der Waals surface area contributed by atoms with Crippen molar-refractivity contribution >= 4 is 34.0 Å². The summed E-state index contributed by atoms with van der Waals surface area (Å²) in [4.78, 5) is 3.95. The molecule has 5 rings (SSSR count). The van der Waals surface area contributed by atoms with Gasteiger partial charge in [-0.3, -0.25) is 0 Å². The van der Waals surface area contributed by atoms with Gasteiger partial charge in [-0.2, -0.15) is 0 Å². The fourth-order valence-corrected chi connectivity index (χ4v) is 5.54. The molecule has 27 heavy (non-hydrogen) atoms. The summed E-state index contributed by atoms with van der Waals surface area (Å²) in [6.45, 7) is 0. The quantitative estimate of drug-likeness (QED) is 0.283. The normalized spacial score (nSPS) is 11.0. The summed E-state index contributed by atoms with van der Waals surface area (Å²) in [7, 11) is 0. The van der Waals surface area contributed by atoms with Crippen LogP contribution >= 0.6 is 34.0 Å². The monoisotopic (exact) mass is 400 g/mol. The van der Waals surface area contributed by atoms with Gasteiger partial charge in [0.15, 0.2) is 0 Å². The Kier molecular flexibility index (Phi) is 4.50. The largest absolute Gasteiger partial charge is 0.144 e. The molecule has 3 aromatic heterocycles. The van der Waals surface area contributed by atoms with Crippen LogP contribution in [0.3, 0.4) is 0 Å². The zero-order chi connectivity index (χ0) is 18.1. The van der Waals surface area contributed by atoms with Gasteiger partial charge in [0.05, 0.1) is 0 Å². The van der Waals surface area contributed by atoms with Crippen LogP contribution in [0.5, 0.6) is 0 Å². The van der Waals surface area contributed by atoms with Crippen molar-refractivity contribution in [1.82, 2.24) is 0 Å². The maximum atomic E-state index is 2.30. The first kappa shape index (κ1) is 16.7. The maximum absolute atomic E-state index is 2.30. The van der Waals surface area contributed by atoms with E-state index in [0.29, 0.717) is 0 Å². The average molecular weight is 401 g/mol. The van der Waals surface area contributed by atoms with Gasteiger partial charge in [0.1, 0.15) is 0 Å². The Morgan fingerprint density at radius 3 is 1.37 bits per heavy atom. The van der Waals surface area contributed by atoms with Gasteiger partial charge < -0.3 is 0 Å². The van der Waals surface area contributed by atoms with Gasteiger partial charge in [-0.25, -0.2) is 0 Å². The summed E-state index contributed by atoms with van der Waals surface area (Å²) in [5, 5.41) is 6.50. The molecule has 0 bridgehead atoms. The molecule has 0 aliphatic carbocycles. The topological polar surface area (TPSA) is 0 Å². The van der Waals surface area contributed by atoms with E-state index in [2.05, 4.69) is 95.0 Å². The lowest BCUT2D eigenvalue weighted by Gasteiger charge is -2.02. The summed E-state index contributed by atoms with van der Waals surface area (Å²) in [5.74, 6) is 0. The fourth-order valence-electron chi connectivity index (χ4n) is 3.15. The lowest BCUT2D eigenvalue weighted by molar-refractivity contribution is 1.66. The van der Waals surface area contributed by atoms with Crippen LogP contribution in [0, 0.1) is 0 Å². The first-order valence-electron chi connectivity index (χ1n) is 8.74. The Labute approximate surface area is 171 Å². The Morgan fingerprint density at radius 1 is 0.407 bits per heavy atom. The summed E-state index contributed by atoms with van der Waals surface area (Å²) < 4.78 is 0. The van der Waals surface area contributed by atoms with Crippen molar-refractivity contribution in [3.63, 3.8) is 0 Å². The summed E-state index contributed by atoms with van der Waals surface area (Å²) >= 11 is 5.37. The molecule has 0 radical (unpaired) electrons. The van der Waals surface area contributed by atoms with E-state index >= 15 is 0 Å². The molecule has 0 spiro atoms. The number of rotatable bonds is 4. The van der Waals surface area contributed by atoms with Crippen LogP contribution in [0.2, 0.25) is 0 Å². The standard InChI is InChI=1S/C24H16S3/c1-3-22(25-13-1)18-7-5-17(6-8-18)21-15-24(27-16-21)20-11-9-19(10-12-20)23-4-2-14-26-23/h1-16H. The lowest BCUT2D eigenvalue weighted by Crippen LogP contribution is -1.76. The van der Waals surface area contributed by atoms with Crippen LogP contribution in [-0.2, 0) is 0 Å². The molecule has 3 heteroatoms. The van der Waals surface area contributed by atoms with E-state index in [1.165, 1.54) is 42.4 Å². The van der Waals surface area contributed by atoms with Crippen molar-refractivity contribution in [1.29, 1.82) is 0 Å². The predicted octanol–water partition coefficient (Wildman–Crippen LogP) is 8.54. The van der Waals surface area contributed by atoms with Crippen molar-refractivity contribution in [2.24, 2.45) is 0 Å². The molecule has 0 aliphatic heterocycles. The molecule has 0 N–H and O–H groups in total. The van der Waals surface area contributed by atoms with Crippen molar-refractivity contribution in [2.45, 2.75) is 0 Å². The second-order valence-electron chi connectivity index (χ2n) is 6.31. The highest BCUT2D eigenvalue weighted by atomic mass is 32.1. The molecule has 130 valence electrons. The summed E-state index contributed by atoms with van der Waals surface area (Å²) in [5.41, 5.74) is 6.41. The second-order valence-corrected chi connectivity index (χ2v) is 9.12. The Balaban J connectivity index is 1.39. The summed E-state index contributed by atoms with van der Waals surface area (Å²) in [6.07, 6.45) is 0. The molecule has 3 heterocycles. The first-order chi connectivity index (χ1) is 13.4. The van der Waals surface area contributed by atoms with Crippen LogP contribution in [0.15, 0.2) is 95.0 Å². The third-order valence-electron chi connectivity index (χ3n) is 4.60. The zero-order valence-electron chi connectivity index (χ0n) is 14.5. The number of hydrogen-bond donors (Lipinski definition) is 0. The van der Waals surface area contributed by atoms with Gasteiger partial charge in [-0.05, 0) is 62.2 Å². The SMILES string of the molecule is c1csc(-c2ccc(-c3csc(-c4ccc(-c5cccs5)cc4)c3)cc2)c1. The smallest absolute Gasteiger partial charge is 0.0349 e. The van der Waals surface area contributed by atoms with Crippen LogP contribution in [-0.4, -0.2) is 0 Å². The Hall–Kier alpha value is -2.46. The van der Waals surface area contributed by atoms with Crippen molar-refractivity contribution in [3.8, 4) is 42.4 Å². The van der Waals surface area contributed by atoms with Gasteiger partial charge in [0.2, 0.25) is 0 Å². The van der Waals surface area contributed by atoms with Gasteiger partial charge in [0.25, 0.3) is 0 Å². The maximum Gasteiger partial charge on any atom is 0.0349 e. The van der Waals surface area contributed by atoms with E-state index in [4.69, 9.17) is 0 Å². The molecule has 0 amide bonds. The predicted molar refractivity (Wildman–Crippen MR) is 122 cm³/mol. The van der Waals surface area contributed by atoms with E-state index in [1.807, 2.05) is 11.3 Å². The second kappa shape index (κ2) is 7.28. The zero-order valence-corrected chi connectivity index (χ0v) is 16.9. The van der Waals surface area contributed by atoms with Crippen LogP contribution in [0.25, 0.3) is 42.4 Å². The molecule has 0 fully saturated rings. The molecule has 0 atom stereocenters. The van der Waals surface area contributed by atoms with Crippen LogP contribution in [0.1, 0.15) is 0 Å². The molecule has 0 saturated carbocycles. The van der Waals surface area contributed by atoms with E-state index in [1.54, 1.807) is 22.7 Å². The minimum absolute atomic E-state index is 1.27. The Morgan fingerprint density at radius 2 is 0.889 bits per heavy atom. The molecule has 0 unspecified atom stereocenters. The molecular formula is C24H16S3. The van der Waals surface area contributed by atoms with Gasteiger partial charge in [-0.1, -0.05) is 60.7 Å². The Bertz CT molecular complexity index is 1040. The van der Waals surface area contributed by atoms with Crippen molar-refractivity contribution in [2.75, 3.05) is 0 Å². The molecule has 5 aromatic rings. The van der Waals surface area contributed by atoms with Gasteiger partial charge in [0, 0.05) is 14.6 Å².